The summed E-state index contributed by atoms with van der Waals surface area (Å²) in [6.07, 6.45) is 93.9. The molecule has 0 bridgehead atoms. The van der Waals surface area contributed by atoms with Gasteiger partial charge in [0.2, 0.25) is 0 Å². The lowest BCUT2D eigenvalue weighted by atomic mass is 10.0. The third-order valence-corrected chi connectivity index (χ3v) is 14.8. The van der Waals surface area contributed by atoms with Gasteiger partial charge in [-0.15, -0.1) is 0 Å². The average molecular weight is 1130 g/mol. The molecule has 0 aliphatic rings. The fourth-order valence-electron chi connectivity index (χ4n) is 9.64. The largest absolute Gasteiger partial charge is 0.462 e. The van der Waals surface area contributed by atoms with E-state index in [1.807, 2.05) is 0 Å². The van der Waals surface area contributed by atoms with E-state index in [4.69, 9.17) is 14.2 Å². The number of ether oxygens (including phenoxy) is 3. The van der Waals surface area contributed by atoms with Crippen LogP contribution in [0.15, 0.2) is 109 Å². The summed E-state index contributed by atoms with van der Waals surface area (Å²) in [5.41, 5.74) is 0. The van der Waals surface area contributed by atoms with Crippen LogP contribution in [0.1, 0.15) is 329 Å². The molecule has 0 saturated carbocycles. The molecule has 0 saturated heterocycles. The molecular formula is C75H128O6. The van der Waals surface area contributed by atoms with Gasteiger partial charge in [-0.1, -0.05) is 316 Å². The Morgan fingerprint density at radius 1 is 0.259 bits per heavy atom. The molecule has 81 heavy (non-hydrogen) atoms. The third kappa shape index (κ3) is 66.8. The smallest absolute Gasteiger partial charge is 0.306 e. The predicted octanol–water partition coefficient (Wildman–Crippen LogP) is 23.8. The molecule has 1 atom stereocenters. The summed E-state index contributed by atoms with van der Waals surface area (Å²) in [4.78, 5) is 38.4. The van der Waals surface area contributed by atoms with Crippen LogP contribution in [0.3, 0.4) is 0 Å². The highest BCUT2D eigenvalue weighted by atomic mass is 16.6. The second kappa shape index (κ2) is 68.6. The molecular weight excluding hydrogens is 997 g/mol. The van der Waals surface area contributed by atoms with Crippen molar-refractivity contribution in [2.45, 2.75) is 335 Å². The lowest BCUT2D eigenvalue weighted by Gasteiger charge is -2.18. The van der Waals surface area contributed by atoms with Gasteiger partial charge in [0.1, 0.15) is 13.2 Å². The number of esters is 3. The lowest BCUT2D eigenvalue weighted by molar-refractivity contribution is -0.167. The van der Waals surface area contributed by atoms with Gasteiger partial charge >= 0.3 is 17.9 Å². The van der Waals surface area contributed by atoms with Crippen molar-refractivity contribution in [3.8, 4) is 0 Å². The highest BCUT2D eigenvalue weighted by Gasteiger charge is 2.19. The van der Waals surface area contributed by atoms with E-state index in [9.17, 15) is 14.4 Å². The second-order valence-electron chi connectivity index (χ2n) is 22.7. The van der Waals surface area contributed by atoms with E-state index in [0.717, 1.165) is 96.3 Å². The summed E-state index contributed by atoms with van der Waals surface area (Å²) in [5.74, 6) is -0.947. The maximum Gasteiger partial charge on any atom is 0.306 e. The minimum atomic E-state index is -0.811. The van der Waals surface area contributed by atoms with Crippen molar-refractivity contribution in [3.63, 3.8) is 0 Å². The molecule has 6 nitrogen and oxygen atoms in total. The van der Waals surface area contributed by atoms with Gasteiger partial charge in [0.05, 0.1) is 0 Å². The summed E-state index contributed by atoms with van der Waals surface area (Å²) in [6.45, 7) is 6.51. The first kappa shape index (κ1) is 77.1. The van der Waals surface area contributed by atoms with Crippen LogP contribution in [0.5, 0.6) is 0 Å². The quantitative estimate of drug-likeness (QED) is 0.0261. The number of hydrogen-bond donors (Lipinski definition) is 0. The van der Waals surface area contributed by atoms with Crippen molar-refractivity contribution >= 4 is 17.9 Å². The number of carbonyl (C=O) groups is 3. The Bertz CT molecular complexity index is 1620. The summed E-state index contributed by atoms with van der Waals surface area (Å²) in [7, 11) is 0. The van der Waals surface area contributed by atoms with Gasteiger partial charge in [-0.2, -0.15) is 0 Å². The van der Waals surface area contributed by atoms with Crippen LogP contribution in [0.4, 0.5) is 0 Å². The molecule has 0 aromatic rings. The first-order chi connectivity index (χ1) is 40.0. The minimum absolute atomic E-state index is 0.0991. The molecule has 0 fully saturated rings. The van der Waals surface area contributed by atoms with E-state index in [-0.39, 0.29) is 37.5 Å². The zero-order valence-corrected chi connectivity index (χ0v) is 53.3. The Morgan fingerprint density at radius 3 is 0.790 bits per heavy atom. The summed E-state index contributed by atoms with van der Waals surface area (Å²) >= 11 is 0. The average Bonchev–Trinajstić information content (AvgIpc) is 3.47. The number of rotatable bonds is 62. The van der Waals surface area contributed by atoms with Crippen molar-refractivity contribution in [2.24, 2.45) is 0 Å². The molecule has 0 aromatic carbocycles. The zero-order chi connectivity index (χ0) is 58.5. The Kier molecular flexibility index (Phi) is 65.2. The fourth-order valence-corrected chi connectivity index (χ4v) is 9.64. The van der Waals surface area contributed by atoms with Gasteiger partial charge in [0.15, 0.2) is 6.10 Å². The van der Waals surface area contributed by atoms with Crippen LogP contribution in [0.25, 0.3) is 0 Å². The van der Waals surface area contributed by atoms with E-state index in [1.54, 1.807) is 0 Å². The Balaban J connectivity index is 4.42. The molecule has 6 heteroatoms. The fraction of sp³-hybridized carbons (Fsp3) is 0.720. The predicted molar refractivity (Wildman–Crippen MR) is 353 cm³/mol. The molecule has 0 N–H and O–H groups in total. The maximum atomic E-state index is 12.9. The Hall–Kier alpha value is -3.93. The molecule has 0 rings (SSSR count). The van der Waals surface area contributed by atoms with Crippen LogP contribution in [-0.4, -0.2) is 37.2 Å². The monoisotopic (exact) mass is 1120 g/mol. The molecule has 464 valence electrons. The molecule has 0 aliphatic heterocycles. The highest BCUT2D eigenvalue weighted by Crippen LogP contribution is 2.17. The van der Waals surface area contributed by atoms with Crippen molar-refractivity contribution in [2.75, 3.05) is 13.2 Å². The van der Waals surface area contributed by atoms with Gasteiger partial charge in [-0.05, 0) is 103 Å². The molecule has 0 aromatic heterocycles. The molecule has 0 radical (unpaired) electrons. The van der Waals surface area contributed by atoms with Gasteiger partial charge in [-0.25, -0.2) is 0 Å². The van der Waals surface area contributed by atoms with Gasteiger partial charge < -0.3 is 14.2 Å². The number of hydrogen-bond acceptors (Lipinski definition) is 6. The second-order valence-corrected chi connectivity index (χ2v) is 22.7. The van der Waals surface area contributed by atoms with Gasteiger partial charge in [-0.3, -0.25) is 14.4 Å². The molecule has 0 amide bonds. The van der Waals surface area contributed by atoms with E-state index in [2.05, 4.69) is 130 Å². The topological polar surface area (TPSA) is 78.9 Å². The van der Waals surface area contributed by atoms with E-state index >= 15 is 0 Å². The van der Waals surface area contributed by atoms with Crippen LogP contribution in [0.2, 0.25) is 0 Å². The first-order valence-corrected chi connectivity index (χ1v) is 34.4. The molecule has 0 spiro atoms. The third-order valence-electron chi connectivity index (χ3n) is 14.8. The standard InChI is InChI=1S/C75H128O6/c1-4-7-10-13-16-19-22-25-28-30-32-34-36-37-39-40-42-44-47-50-53-56-59-62-65-68-74(77)80-71-72(70-79-73(76)67-64-61-58-55-52-49-46-27-24-21-18-15-12-9-6-3)81-75(78)69-66-63-60-57-54-51-48-45-43-41-38-35-33-31-29-26-23-20-17-14-11-8-5-2/h8,11,17,20,22,25-26,29-30,32-33,35,41,43,48,51,57,60,72H,4-7,9-10,12-16,18-19,21,23-24,27-28,31,34,36-40,42,44-47,49-50,52-56,58-59,61-71H2,1-3H3/b11-8-,20-17-,25-22-,29-26-,32-30-,35-33-,43-41-,51-48-,60-57-. The van der Waals surface area contributed by atoms with E-state index in [0.29, 0.717) is 19.3 Å². The number of carbonyl (C=O) groups excluding carboxylic acids is 3. The summed E-state index contributed by atoms with van der Waals surface area (Å²) in [5, 5.41) is 0. The van der Waals surface area contributed by atoms with Crippen LogP contribution in [-0.2, 0) is 28.6 Å². The van der Waals surface area contributed by atoms with Crippen molar-refractivity contribution in [1.82, 2.24) is 0 Å². The maximum absolute atomic E-state index is 12.9. The van der Waals surface area contributed by atoms with Crippen molar-refractivity contribution in [3.05, 3.63) is 109 Å². The first-order valence-electron chi connectivity index (χ1n) is 34.4. The Labute approximate surface area is 501 Å². The van der Waals surface area contributed by atoms with Gasteiger partial charge in [0.25, 0.3) is 0 Å². The summed E-state index contributed by atoms with van der Waals surface area (Å²) < 4.78 is 16.9. The number of unbranched alkanes of at least 4 members (excludes halogenated alkanes) is 33. The Morgan fingerprint density at radius 2 is 0.494 bits per heavy atom. The summed E-state index contributed by atoms with van der Waals surface area (Å²) in [6, 6.07) is 0. The molecule has 1 unspecified atom stereocenters. The van der Waals surface area contributed by atoms with Crippen LogP contribution >= 0.6 is 0 Å². The minimum Gasteiger partial charge on any atom is -0.462 e. The van der Waals surface area contributed by atoms with Crippen LogP contribution < -0.4 is 0 Å². The molecule has 0 heterocycles. The van der Waals surface area contributed by atoms with Crippen molar-refractivity contribution in [1.29, 1.82) is 0 Å². The van der Waals surface area contributed by atoms with Crippen molar-refractivity contribution < 1.29 is 28.6 Å². The SMILES string of the molecule is CC/C=C\C/C=C\C/C=C\C/C=C\C/C=C\C/C=C\C/C=C\CCCC(=O)OC(COC(=O)CCCCCCCCCCCCCCC/C=C\C/C=C\CCCCCCC)COC(=O)CCCCCCCCCCCCCCCCC. The number of allylic oxidation sites excluding steroid dienone is 18. The van der Waals surface area contributed by atoms with E-state index in [1.165, 1.54) is 186 Å². The van der Waals surface area contributed by atoms with Crippen LogP contribution in [0, 0.1) is 0 Å². The zero-order valence-electron chi connectivity index (χ0n) is 53.3. The normalized spacial score (nSPS) is 12.8. The highest BCUT2D eigenvalue weighted by molar-refractivity contribution is 5.71. The van der Waals surface area contributed by atoms with Gasteiger partial charge in [0, 0.05) is 19.3 Å². The van der Waals surface area contributed by atoms with E-state index < -0.39 is 6.10 Å². The molecule has 0 aliphatic carbocycles. The lowest BCUT2D eigenvalue weighted by Crippen LogP contribution is -2.30.